The van der Waals surface area contributed by atoms with Crippen molar-refractivity contribution >= 4 is 0 Å². The summed E-state index contributed by atoms with van der Waals surface area (Å²) < 4.78 is 5.75. The van der Waals surface area contributed by atoms with E-state index in [1.54, 1.807) is 0 Å². The molecular formula is C11H22N2O. The maximum atomic E-state index is 5.75. The molecule has 0 aliphatic carbocycles. The molecule has 2 heterocycles. The fraction of sp³-hybridized carbons (Fsp3) is 1.00. The summed E-state index contributed by atoms with van der Waals surface area (Å²) in [5.74, 6) is 0. The van der Waals surface area contributed by atoms with Crippen molar-refractivity contribution in [1.29, 1.82) is 0 Å². The van der Waals surface area contributed by atoms with Gasteiger partial charge in [0.2, 0.25) is 0 Å². The molecule has 2 saturated heterocycles. The third-order valence-electron chi connectivity index (χ3n) is 3.27. The van der Waals surface area contributed by atoms with Crippen LogP contribution in [0.5, 0.6) is 0 Å². The van der Waals surface area contributed by atoms with E-state index in [2.05, 4.69) is 24.1 Å². The third kappa shape index (κ3) is 2.47. The first-order valence-corrected chi connectivity index (χ1v) is 5.86. The Hall–Kier alpha value is -0.120. The van der Waals surface area contributed by atoms with Gasteiger partial charge in [0.05, 0.1) is 12.2 Å². The van der Waals surface area contributed by atoms with Gasteiger partial charge < -0.3 is 10.1 Å². The second-order valence-electron chi connectivity index (χ2n) is 4.69. The molecule has 2 rings (SSSR count). The van der Waals surface area contributed by atoms with Crippen molar-refractivity contribution in [3.8, 4) is 0 Å². The first-order valence-electron chi connectivity index (χ1n) is 5.86. The standard InChI is InChI=1S/C11H22N2O/c1-9-7-13(8-10(2)14-9)11-3-5-12-6-4-11/h9-12H,3-8H2,1-2H3/t9-,10+. The summed E-state index contributed by atoms with van der Waals surface area (Å²) in [7, 11) is 0. The second kappa shape index (κ2) is 4.60. The Morgan fingerprint density at radius 1 is 1.07 bits per heavy atom. The molecule has 0 radical (unpaired) electrons. The van der Waals surface area contributed by atoms with Crippen LogP contribution in [0.2, 0.25) is 0 Å². The summed E-state index contributed by atoms with van der Waals surface area (Å²) in [5, 5.41) is 3.42. The van der Waals surface area contributed by atoms with Crippen molar-refractivity contribution in [1.82, 2.24) is 10.2 Å². The summed E-state index contributed by atoms with van der Waals surface area (Å²) in [4.78, 5) is 2.62. The lowest BCUT2D eigenvalue weighted by atomic mass is 10.0. The number of piperidine rings is 1. The van der Waals surface area contributed by atoms with Crippen molar-refractivity contribution < 1.29 is 4.74 Å². The van der Waals surface area contributed by atoms with Crippen molar-refractivity contribution in [3.05, 3.63) is 0 Å². The predicted octanol–water partition coefficient (Wildman–Crippen LogP) is 0.848. The normalized spacial score (nSPS) is 37.3. The van der Waals surface area contributed by atoms with Crippen LogP contribution in [0.25, 0.3) is 0 Å². The van der Waals surface area contributed by atoms with Gasteiger partial charge >= 0.3 is 0 Å². The van der Waals surface area contributed by atoms with Gasteiger partial charge in [-0.25, -0.2) is 0 Å². The van der Waals surface area contributed by atoms with Crippen molar-refractivity contribution in [2.24, 2.45) is 0 Å². The molecule has 0 amide bonds. The highest BCUT2D eigenvalue weighted by Gasteiger charge is 2.28. The number of hydrogen-bond donors (Lipinski definition) is 1. The zero-order chi connectivity index (χ0) is 9.97. The number of morpholine rings is 1. The van der Waals surface area contributed by atoms with E-state index in [0.29, 0.717) is 12.2 Å². The molecule has 2 atom stereocenters. The monoisotopic (exact) mass is 198 g/mol. The molecule has 0 aromatic carbocycles. The quantitative estimate of drug-likeness (QED) is 0.676. The lowest BCUT2D eigenvalue weighted by molar-refractivity contribution is -0.0832. The fourth-order valence-corrected chi connectivity index (χ4v) is 2.69. The summed E-state index contributed by atoms with van der Waals surface area (Å²) in [6.45, 7) is 8.98. The van der Waals surface area contributed by atoms with Gasteiger partial charge in [0, 0.05) is 19.1 Å². The molecule has 0 aromatic heterocycles. The maximum Gasteiger partial charge on any atom is 0.0678 e. The molecule has 0 saturated carbocycles. The van der Waals surface area contributed by atoms with E-state index >= 15 is 0 Å². The van der Waals surface area contributed by atoms with Gasteiger partial charge in [0.15, 0.2) is 0 Å². The molecule has 3 nitrogen and oxygen atoms in total. The van der Waals surface area contributed by atoms with Gasteiger partial charge in [-0.3, -0.25) is 4.90 Å². The topological polar surface area (TPSA) is 24.5 Å². The smallest absolute Gasteiger partial charge is 0.0678 e. The number of hydrogen-bond acceptors (Lipinski definition) is 3. The molecule has 2 aliphatic heterocycles. The fourth-order valence-electron chi connectivity index (χ4n) is 2.69. The van der Waals surface area contributed by atoms with Crippen LogP contribution in [-0.4, -0.2) is 49.3 Å². The van der Waals surface area contributed by atoms with Gasteiger partial charge in [-0.2, -0.15) is 0 Å². The molecule has 82 valence electrons. The van der Waals surface area contributed by atoms with E-state index in [1.807, 2.05) is 0 Å². The van der Waals surface area contributed by atoms with Crippen molar-refractivity contribution in [2.75, 3.05) is 26.2 Å². The van der Waals surface area contributed by atoms with E-state index in [-0.39, 0.29) is 0 Å². The Morgan fingerprint density at radius 3 is 2.21 bits per heavy atom. The van der Waals surface area contributed by atoms with Crippen LogP contribution < -0.4 is 5.32 Å². The van der Waals surface area contributed by atoms with E-state index in [4.69, 9.17) is 4.74 Å². The number of nitrogens with one attached hydrogen (secondary N) is 1. The largest absolute Gasteiger partial charge is 0.373 e. The van der Waals surface area contributed by atoms with Crippen molar-refractivity contribution in [2.45, 2.75) is 44.9 Å². The Balaban J connectivity index is 1.88. The van der Waals surface area contributed by atoms with E-state index in [0.717, 1.165) is 19.1 Å². The van der Waals surface area contributed by atoms with Gasteiger partial charge in [-0.1, -0.05) is 0 Å². The molecule has 0 bridgehead atoms. The van der Waals surface area contributed by atoms with Crippen LogP contribution in [0.15, 0.2) is 0 Å². The lowest BCUT2D eigenvalue weighted by Gasteiger charge is -2.41. The minimum atomic E-state index is 0.411. The van der Waals surface area contributed by atoms with Crippen LogP contribution >= 0.6 is 0 Å². The molecular weight excluding hydrogens is 176 g/mol. The summed E-state index contributed by atoms with van der Waals surface area (Å²) in [6, 6.07) is 0.796. The molecule has 0 spiro atoms. The Kier molecular flexibility index (Phi) is 3.42. The molecule has 14 heavy (non-hydrogen) atoms. The van der Waals surface area contributed by atoms with E-state index in [9.17, 15) is 0 Å². The molecule has 0 aromatic rings. The Labute approximate surface area is 86.8 Å². The molecule has 1 N–H and O–H groups in total. The minimum Gasteiger partial charge on any atom is -0.373 e. The minimum absolute atomic E-state index is 0.411. The highest BCUT2D eigenvalue weighted by molar-refractivity contribution is 4.82. The zero-order valence-electron chi connectivity index (χ0n) is 9.33. The van der Waals surface area contributed by atoms with Gasteiger partial charge in [0.1, 0.15) is 0 Å². The van der Waals surface area contributed by atoms with Gasteiger partial charge in [0.25, 0.3) is 0 Å². The summed E-state index contributed by atoms with van der Waals surface area (Å²) in [5.41, 5.74) is 0. The molecule has 2 fully saturated rings. The van der Waals surface area contributed by atoms with Gasteiger partial charge in [-0.05, 0) is 39.8 Å². The number of ether oxygens (including phenoxy) is 1. The van der Waals surface area contributed by atoms with Crippen LogP contribution in [0, 0.1) is 0 Å². The zero-order valence-corrected chi connectivity index (χ0v) is 9.33. The molecule has 0 unspecified atom stereocenters. The SMILES string of the molecule is C[C@@H]1CN(C2CCNCC2)C[C@H](C)O1. The van der Waals surface area contributed by atoms with Gasteiger partial charge in [-0.15, -0.1) is 0 Å². The Bertz CT molecular complexity index is 170. The predicted molar refractivity (Wildman–Crippen MR) is 57.5 cm³/mol. The summed E-state index contributed by atoms with van der Waals surface area (Å²) in [6.07, 6.45) is 3.43. The van der Waals surface area contributed by atoms with E-state index < -0.39 is 0 Å². The molecule has 3 heteroatoms. The number of rotatable bonds is 1. The average Bonchev–Trinajstić information content (AvgIpc) is 2.18. The summed E-state index contributed by atoms with van der Waals surface area (Å²) >= 11 is 0. The maximum absolute atomic E-state index is 5.75. The second-order valence-corrected chi connectivity index (χ2v) is 4.69. The highest BCUT2D eigenvalue weighted by Crippen LogP contribution is 2.18. The first kappa shape index (κ1) is 10.4. The van der Waals surface area contributed by atoms with Crippen molar-refractivity contribution in [3.63, 3.8) is 0 Å². The van der Waals surface area contributed by atoms with Crippen LogP contribution in [-0.2, 0) is 4.74 Å². The lowest BCUT2D eigenvalue weighted by Crippen LogP contribution is -2.52. The Morgan fingerprint density at radius 2 is 1.64 bits per heavy atom. The van der Waals surface area contributed by atoms with E-state index in [1.165, 1.54) is 25.9 Å². The molecule has 2 aliphatic rings. The van der Waals surface area contributed by atoms with Crippen LogP contribution in [0.1, 0.15) is 26.7 Å². The third-order valence-corrected chi connectivity index (χ3v) is 3.27. The van der Waals surface area contributed by atoms with Crippen LogP contribution in [0.3, 0.4) is 0 Å². The number of nitrogens with zero attached hydrogens (tertiary/aromatic N) is 1. The first-order chi connectivity index (χ1) is 6.75. The van der Waals surface area contributed by atoms with Crippen LogP contribution in [0.4, 0.5) is 0 Å². The average molecular weight is 198 g/mol. The highest BCUT2D eigenvalue weighted by atomic mass is 16.5.